The van der Waals surface area contributed by atoms with Gasteiger partial charge in [0, 0.05) is 18.8 Å². The molecule has 1 fully saturated rings. The third-order valence-corrected chi connectivity index (χ3v) is 5.25. The number of hydrogen-bond donors (Lipinski definition) is 1. The van der Waals surface area contributed by atoms with E-state index in [1.165, 1.54) is 12.1 Å². The summed E-state index contributed by atoms with van der Waals surface area (Å²) in [5, 5.41) is 2.94. The fraction of sp³-hybridized carbons (Fsp3) is 0.318. The molecule has 0 unspecified atom stereocenters. The third-order valence-electron chi connectivity index (χ3n) is 5.25. The molecular formula is C22H23FN4O2. The molecule has 0 saturated carbocycles. The van der Waals surface area contributed by atoms with Crippen LogP contribution in [0.4, 0.5) is 15.9 Å². The second kappa shape index (κ2) is 8.03. The topological polar surface area (TPSA) is 67.4 Å². The molecule has 150 valence electrons. The van der Waals surface area contributed by atoms with E-state index in [9.17, 15) is 9.18 Å². The first-order valence-electron chi connectivity index (χ1n) is 9.68. The Morgan fingerprint density at radius 3 is 2.69 bits per heavy atom. The lowest BCUT2D eigenvalue weighted by molar-refractivity contribution is -0.120. The number of nitrogens with one attached hydrogen (secondary N) is 1. The van der Waals surface area contributed by atoms with Gasteiger partial charge in [-0.05, 0) is 55.7 Å². The van der Waals surface area contributed by atoms with Crippen LogP contribution in [-0.2, 0) is 4.79 Å². The van der Waals surface area contributed by atoms with Gasteiger partial charge < -0.3 is 15.0 Å². The Morgan fingerprint density at radius 2 is 1.97 bits per heavy atom. The number of methoxy groups -OCH3 is 1. The second-order valence-electron chi connectivity index (χ2n) is 7.28. The minimum absolute atomic E-state index is 0.0721. The fourth-order valence-corrected chi connectivity index (χ4v) is 3.70. The van der Waals surface area contributed by atoms with E-state index >= 15 is 0 Å². The van der Waals surface area contributed by atoms with Crippen LogP contribution in [-0.4, -0.2) is 36.1 Å². The molecule has 1 saturated heterocycles. The van der Waals surface area contributed by atoms with Crippen molar-refractivity contribution in [2.45, 2.75) is 19.8 Å². The number of hydrogen-bond acceptors (Lipinski definition) is 5. The fourth-order valence-electron chi connectivity index (χ4n) is 3.70. The zero-order chi connectivity index (χ0) is 20.4. The van der Waals surface area contributed by atoms with Gasteiger partial charge in [-0.2, -0.15) is 0 Å². The van der Waals surface area contributed by atoms with Crippen molar-refractivity contribution in [2.24, 2.45) is 5.92 Å². The number of aromatic nitrogens is 2. The maximum Gasteiger partial charge on any atom is 0.257 e. The SMILES string of the molecule is COc1nc2ccccc2nc1N1CCC[C@@H](C(=O)Nc2ccc(F)cc2C)C1. The Morgan fingerprint density at radius 1 is 1.21 bits per heavy atom. The number of para-hydroxylation sites is 2. The van der Waals surface area contributed by atoms with E-state index in [1.807, 2.05) is 24.3 Å². The number of rotatable bonds is 4. The van der Waals surface area contributed by atoms with Crippen LogP contribution >= 0.6 is 0 Å². The highest BCUT2D eigenvalue weighted by Crippen LogP contribution is 2.31. The number of halogens is 1. The second-order valence-corrected chi connectivity index (χ2v) is 7.28. The normalized spacial score (nSPS) is 16.7. The van der Waals surface area contributed by atoms with Gasteiger partial charge in [0.2, 0.25) is 5.91 Å². The quantitative estimate of drug-likeness (QED) is 0.726. The van der Waals surface area contributed by atoms with Crippen LogP contribution in [0.15, 0.2) is 42.5 Å². The highest BCUT2D eigenvalue weighted by Gasteiger charge is 2.29. The number of carbonyl (C=O) groups is 1. The van der Waals surface area contributed by atoms with Crippen LogP contribution in [0.1, 0.15) is 18.4 Å². The summed E-state index contributed by atoms with van der Waals surface area (Å²) in [6, 6.07) is 12.0. The Hall–Kier alpha value is -3.22. The average molecular weight is 394 g/mol. The lowest BCUT2D eigenvalue weighted by atomic mass is 9.97. The Kier molecular flexibility index (Phi) is 5.29. The van der Waals surface area contributed by atoms with E-state index in [-0.39, 0.29) is 17.6 Å². The van der Waals surface area contributed by atoms with Gasteiger partial charge in [-0.25, -0.2) is 14.4 Å². The smallest absolute Gasteiger partial charge is 0.257 e. The largest absolute Gasteiger partial charge is 0.478 e. The van der Waals surface area contributed by atoms with Gasteiger partial charge in [0.15, 0.2) is 5.82 Å². The molecule has 2 heterocycles. The molecule has 0 bridgehead atoms. The van der Waals surface area contributed by atoms with Gasteiger partial charge in [0.05, 0.1) is 24.1 Å². The van der Waals surface area contributed by atoms with Crippen molar-refractivity contribution in [3.05, 3.63) is 53.8 Å². The number of carbonyl (C=O) groups excluding carboxylic acids is 1. The summed E-state index contributed by atoms with van der Waals surface area (Å²) in [5.74, 6) is 0.524. The summed E-state index contributed by atoms with van der Waals surface area (Å²) >= 11 is 0. The number of nitrogens with zero attached hydrogens (tertiary/aromatic N) is 3. The zero-order valence-corrected chi connectivity index (χ0v) is 16.5. The molecule has 29 heavy (non-hydrogen) atoms. The van der Waals surface area contributed by atoms with E-state index in [2.05, 4.69) is 15.2 Å². The highest BCUT2D eigenvalue weighted by atomic mass is 19.1. The lowest BCUT2D eigenvalue weighted by Crippen LogP contribution is -2.41. The summed E-state index contributed by atoms with van der Waals surface area (Å²) in [5.41, 5.74) is 2.90. The van der Waals surface area contributed by atoms with Crippen molar-refractivity contribution in [1.82, 2.24) is 9.97 Å². The summed E-state index contributed by atoms with van der Waals surface area (Å²) in [7, 11) is 1.58. The van der Waals surface area contributed by atoms with Gasteiger partial charge in [0.1, 0.15) is 5.82 Å². The molecule has 6 nitrogen and oxygen atoms in total. The van der Waals surface area contributed by atoms with Crippen LogP contribution in [0.2, 0.25) is 0 Å². The average Bonchev–Trinajstić information content (AvgIpc) is 2.74. The Labute approximate surface area is 168 Å². The summed E-state index contributed by atoms with van der Waals surface area (Å²) in [6.45, 7) is 3.08. The van der Waals surface area contributed by atoms with Gasteiger partial charge >= 0.3 is 0 Å². The third kappa shape index (κ3) is 3.99. The first-order chi connectivity index (χ1) is 14.0. The van der Waals surface area contributed by atoms with E-state index in [4.69, 9.17) is 9.72 Å². The molecule has 3 aromatic rings. The van der Waals surface area contributed by atoms with Gasteiger partial charge in [-0.1, -0.05) is 12.1 Å². The number of anilines is 2. The Bertz CT molecular complexity index is 1060. The molecule has 0 spiro atoms. The molecule has 0 radical (unpaired) electrons. The molecule has 2 aromatic carbocycles. The number of amides is 1. The lowest BCUT2D eigenvalue weighted by Gasteiger charge is -2.33. The molecule has 4 rings (SSSR count). The van der Waals surface area contributed by atoms with Crippen LogP contribution < -0.4 is 15.0 Å². The molecule has 1 aromatic heterocycles. The molecule has 1 aliphatic heterocycles. The number of piperidine rings is 1. The van der Waals surface area contributed by atoms with Gasteiger partial charge in [0.25, 0.3) is 5.88 Å². The molecular weight excluding hydrogens is 371 g/mol. The van der Waals surface area contributed by atoms with E-state index in [0.29, 0.717) is 29.5 Å². The first-order valence-corrected chi connectivity index (χ1v) is 9.68. The highest BCUT2D eigenvalue weighted by molar-refractivity contribution is 5.93. The van der Waals surface area contributed by atoms with Crippen molar-refractivity contribution >= 4 is 28.4 Å². The number of aryl methyl sites for hydroxylation is 1. The maximum atomic E-state index is 13.3. The Balaban J connectivity index is 1.55. The number of ether oxygens (including phenoxy) is 1. The molecule has 1 aliphatic rings. The first kappa shape index (κ1) is 19.1. The van der Waals surface area contributed by atoms with Crippen molar-refractivity contribution in [3.63, 3.8) is 0 Å². The van der Waals surface area contributed by atoms with E-state index < -0.39 is 0 Å². The zero-order valence-electron chi connectivity index (χ0n) is 16.5. The predicted molar refractivity (Wildman–Crippen MR) is 111 cm³/mol. The van der Waals surface area contributed by atoms with E-state index in [0.717, 1.165) is 30.4 Å². The number of fused-ring (bicyclic) bond motifs is 1. The van der Waals surface area contributed by atoms with Crippen molar-refractivity contribution in [3.8, 4) is 5.88 Å². The summed E-state index contributed by atoms with van der Waals surface area (Å²) < 4.78 is 18.8. The van der Waals surface area contributed by atoms with E-state index in [1.54, 1.807) is 20.1 Å². The van der Waals surface area contributed by atoms with Gasteiger partial charge in [-0.15, -0.1) is 0 Å². The molecule has 0 aliphatic carbocycles. The molecule has 1 amide bonds. The predicted octanol–water partition coefficient (Wildman–Crippen LogP) is 3.94. The molecule has 1 atom stereocenters. The molecule has 7 heteroatoms. The van der Waals surface area contributed by atoms with Crippen molar-refractivity contribution in [1.29, 1.82) is 0 Å². The maximum absolute atomic E-state index is 13.3. The van der Waals surface area contributed by atoms with Crippen LogP contribution in [0, 0.1) is 18.7 Å². The molecule has 1 N–H and O–H groups in total. The minimum atomic E-state index is -0.314. The van der Waals surface area contributed by atoms with Crippen LogP contribution in [0.25, 0.3) is 11.0 Å². The van der Waals surface area contributed by atoms with Crippen LogP contribution in [0.3, 0.4) is 0 Å². The standard InChI is InChI=1S/C22H23FN4O2/c1-14-12-16(23)9-10-17(14)25-21(28)15-6-5-11-27(13-15)20-22(29-2)26-19-8-4-3-7-18(19)24-20/h3-4,7-10,12,15H,5-6,11,13H2,1-2H3,(H,25,28)/t15-/m1/s1. The van der Waals surface area contributed by atoms with Gasteiger partial charge in [-0.3, -0.25) is 4.79 Å². The summed E-state index contributed by atoms with van der Waals surface area (Å²) in [6.07, 6.45) is 1.64. The number of benzene rings is 2. The summed E-state index contributed by atoms with van der Waals surface area (Å²) in [4.78, 5) is 24.2. The monoisotopic (exact) mass is 394 g/mol. The van der Waals surface area contributed by atoms with Crippen molar-refractivity contribution in [2.75, 3.05) is 30.4 Å². The minimum Gasteiger partial charge on any atom is -0.478 e. The van der Waals surface area contributed by atoms with Crippen LogP contribution in [0.5, 0.6) is 5.88 Å². The van der Waals surface area contributed by atoms with Crippen molar-refractivity contribution < 1.29 is 13.9 Å².